The van der Waals surface area contributed by atoms with E-state index in [0.29, 0.717) is 24.9 Å². The van der Waals surface area contributed by atoms with Crippen LogP contribution in [0.5, 0.6) is 5.75 Å². The molecule has 0 heterocycles. The average molecular weight is 350 g/mol. The number of hydrogen-bond acceptors (Lipinski definition) is 2. The standard InChI is InChI=1S/C17H17BrFNO/c18-14-4-1-12(2-5-14)11-21-17-8-3-13(9-16(17)19)10-20-15-6-7-15/h1-5,8-9,15,20H,6-7,10-11H2. The quantitative estimate of drug-likeness (QED) is 0.833. The predicted octanol–water partition coefficient (Wildman–Crippen LogP) is 4.42. The fourth-order valence-corrected chi connectivity index (χ4v) is 2.33. The molecule has 1 fully saturated rings. The topological polar surface area (TPSA) is 21.3 Å². The number of rotatable bonds is 6. The summed E-state index contributed by atoms with van der Waals surface area (Å²) in [7, 11) is 0. The van der Waals surface area contributed by atoms with Gasteiger partial charge < -0.3 is 10.1 Å². The molecule has 1 saturated carbocycles. The number of halogens is 2. The maximum Gasteiger partial charge on any atom is 0.165 e. The number of hydrogen-bond donors (Lipinski definition) is 1. The van der Waals surface area contributed by atoms with Crippen molar-refractivity contribution in [2.75, 3.05) is 0 Å². The summed E-state index contributed by atoms with van der Waals surface area (Å²) in [6.45, 7) is 1.08. The molecular weight excluding hydrogens is 333 g/mol. The van der Waals surface area contributed by atoms with Gasteiger partial charge in [-0.05, 0) is 48.2 Å². The SMILES string of the molecule is Fc1cc(CNC2CC2)ccc1OCc1ccc(Br)cc1. The Bertz CT molecular complexity index is 611. The van der Waals surface area contributed by atoms with Gasteiger partial charge in [0, 0.05) is 17.1 Å². The molecule has 0 atom stereocenters. The lowest BCUT2D eigenvalue weighted by molar-refractivity contribution is 0.290. The third kappa shape index (κ3) is 4.29. The summed E-state index contributed by atoms with van der Waals surface area (Å²) < 4.78 is 20.6. The van der Waals surface area contributed by atoms with E-state index in [9.17, 15) is 4.39 Å². The molecule has 0 aliphatic heterocycles. The molecule has 110 valence electrons. The van der Waals surface area contributed by atoms with Crippen LogP contribution in [0.1, 0.15) is 24.0 Å². The third-order valence-electron chi connectivity index (χ3n) is 3.48. The second kappa shape index (κ2) is 6.58. The molecule has 1 N–H and O–H groups in total. The van der Waals surface area contributed by atoms with Gasteiger partial charge in [0.05, 0.1) is 0 Å². The number of ether oxygens (including phenoxy) is 1. The van der Waals surface area contributed by atoms with Gasteiger partial charge in [0.2, 0.25) is 0 Å². The summed E-state index contributed by atoms with van der Waals surface area (Å²) in [5, 5.41) is 3.37. The highest BCUT2D eigenvalue weighted by Gasteiger charge is 2.20. The second-order valence-corrected chi connectivity index (χ2v) is 6.25. The van der Waals surface area contributed by atoms with Crippen molar-refractivity contribution in [2.45, 2.75) is 32.0 Å². The lowest BCUT2D eigenvalue weighted by atomic mass is 10.2. The van der Waals surface area contributed by atoms with Gasteiger partial charge in [-0.25, -0.2) is 4.39 Å². The normalized spacial score (nSPS) is 14.2. The van der Waals surface area contributed by atoms with Gasteiger partial charge >= 0.3 is 0 Å². The van der Waals surface area contributed by atoms with E-state index in [1.165, 1.54) is 12.8 Å². The summed E-state index contributed by atoms with van der Waals surface area (Å²) >= 11 is 3.38. The Hall–Kier alpha value is -1.39. The van der Waals surface area contributed by atoms with Crippen molar-refractivity contribution in [1.82, 2.24) is 5.32 Å². The van der Waals surface area contributed by atoms with E-state index in [2.05, 4.69) is 21.2 Å². The van der Waals surface area contributed by atoms with Crippen molar-refractivity contribution < 1.29 is 9.13 Å². The molecule has 0 bridgehead atoms. The fraction of sp³-hybridized carbons (Fsp3) is 0.294. The van der Waals surface area contributed by atoms with Crippen LogP contribution in [-0.2, 0) is 13.2 Å². The van der Waals surface area contributed by atoms with E-state index in [1.54, 1.807) is 12.1 Å². The Balaban J connectivity index is 1.58. The van der Waals surface area contributed by atoms with Crippen LogP contribution in [0, 0.1) is 5.82 Å². The maximum atomic E-state index is 14.0. The number of nitrogens with one attached hydrogen (secondary N) is 1. The maximum absolute atomic E-state index is 14.0. The van der Waals surface area contributed by atoms with Gasteiger partial charge in [0.1, 0.15) is 6.61 Å². The van der Waals surface area contributed by atoms with E-state index >= 15 is 0 Å². The smallest absolute Gasteiger partial charge is 0.165 e. The first kappa shape index (κ1) is 14.5. The van der Waals surface area contributed by atoms with Crippen LogP contribution in [0.25, 0.3) is 0 Å². The lowest BCUT2D eigenvalue weighted by Crippen LogP contribution is -2.15. The minimum absolute atomic E-state index is 0.299. The molecule has 2 aromatic carbocycles. The minimum atomic E-state index is -0.304. The van der Waals surface area contributed by atoms with E-state index in [-0.39, 0.29) is 5.82 Å². The molecule has 1 aliphatic carbocycles. The third-order valence-corrected chi connectivity index (χ3v) is 4.00. The highest BCUT2D eigenvalue weighted by atomic mass is 79.9. The summed E-state index contributed by atoms with van der Waals surface area (Å²) in [6.07, 6.45) is 2.47. The van der Waals surface area contributed by atoms with Gasteiger partial charge in [-0.3, -0.25) is 0 Å². The molecule has 1 aliphatic rings. The van der Waals surface area contributed by atoms with Crippen LogP contribution < -0.4 is 10.1 Å². The molecular formula is C17H17BrFNO. The summed E-state index contributed by atoms with van der Waals surface area (Å²) in [4.78, 5) is 0. The van der Waals surface area contributed by atoms with Crippen LogP contribution in [-0.4, -0.2) is 6.04 Å². The molecule has 0 amide bonds. The van der Waals surface area contributed by atoms with Crippen LogP contribution in [0.4, 0.5) is 4.39 Å². The summed E-state index contributed by atoms with van der Waals surface area (Å²) in [5.74, 6) is -0.00435. The molecule has 3 rings (SSSR count). The van der Waals surface area contributed by atoms with Crippen molar-refractivity contribution in [3.05, 3.63) is 63.9 Å². The van der Waals surface area contributed by atoms with E-state index in [1.807, 2.05) is 30.3 Å². The largest absolute Gasteiger partial charge is 0.486 e. The Labute approximate surface area is 132 Å². The first-order chi connectivity index (χ1) is 10.2. The van der Waals surface area contributed by atoms with E-state index in [0.717, 1.165) is 15.6 Å². The first-order valence-corrected chi connectivity index (χ1v) is 7.89. The van der Waals surface area contributed by atoms with Gasteiger partial charge in [-0.1, -0.05) is 34.1 Å². The van der Waals surface area contributed by atoms with Crippen molar-refractivity contribution in [2.24, 2.45) is 0 Å². The van der Waals surface area contributed by atoms with Gasteiger partial charge in [-0.15, -0.1) is 0 Å². The molecule has 2 nitrogen and oxygen atoms in total. The Morgan fingerprint density at radius 3 is 2.48 bits per heavy atom. The fourth-order valence-electron chi connectivity index (χ4n) is 2.06. The van der Waals surface area contributed by atoms with E-state index in [4.69, 9.17) is 4.74 Å². The summed E-state index contributed by atoms with van der Waals surface area (Å²) in [5.41, 5.74) is 1.97. The van der Waals surface area contributed by atoms with Crippen molar-refractivity contribution in [3.8, 4) is 5.75 Å². The van der Waals surface area contributed by atoms with E-state index < -0.39 is 0 Å². The van der Waals surface area contributed by atoms with Crippen LogP contribution in [0.3, 0.4) is 0 Å². The lowest BCUT2D eigenvalue weighted by Gasteiger charge is -2.09. The molecule has 0 radical (unpaired) electrons. The zero-order valence-electron chi connectivity index (χ0n) is 11.6. The minimum Gasteiger partial charge on any atom is -0.486 e. The Kier molecular flexibility index (Phi) is 4.56. The average Bonchev–Trinajstić information content (AvgIpc) is 3.30. The van der Waals surface area contributed by atoms with Crippen LogP contribution >= 0.6 is 15.9 Å². The van der Waals surface area contributed by atoms with Crippen molar-refractivity contribution >= 4 is 15.9 Å². The summed E-state index contributed by atoms with van der Waals surface area (Å²) in [6, 6.07) is 13.6. The highest BCUT2D eigenvalue weighted by Crippen LogP contribution is 2.22. The Morgan fingerprint density at radius 1 is 1.10 bits per heavy atom. The van der Waals surface area contributed by atoms with Gasteiger partial charge in [0.15, 0.2) is 11.6 Å². The zero-order valence-corrected chi connectivity index (χ0v) is 13.2. The monoisotopic (exact) mass is 349 g/mol. The van der Waals surface area contributed by atoms with Gasteiger partial charge in [-0.2, -0.15) is 0 Å². The molecule has 21 heavy (non-hydrogen) atoms. The molecule has 0 spiro atoms. The molecule has 4 heteroatoms. The second-order valence-electron chi connectivity index (χ2n) is 5.34. The molecule has 2 aromatic rings. The first-order valence-electron chi connectivity index (χ1n) is 7.10. The highest BCUT2D eigenvalue weighted by molar-refractivity contribution is 9.10. The predicted molar refractivity (Wildman–Crippen MR) is 84.7 cm³/mol. The Morgan fingerprint density at radius 2 is 1.81 bits per heavy atom. The molecule has 0 aromatic heterocycles. The number of benzene rings is 2. The van der Waals surface area contributed by atoms with Gasteiger partial charge in [0.25, 0.3) is 0 Å². The molecule has 0 saturated heterocycles. The van der Waals surface area contributed by atoms with Crippen molar-refractivity contribution in [1.29, 1.82) is 0 Å². The van der Waals surface area contributed by atoms with Crippen molar-refractivity contribution in [3.63, 3.8) is 0 Å². The molecule has 0 unspecified atom stereocenters. The van der Waals surface area contributed by atoms with Crippen LogP contribution in [0.15, 0.2) is 46.9 Å². The van der Waals surface area contributed by atoms with Crippen LogP contribution in [0.2, 0.25) is 0 Å². The zero-order chi connectivity index (χ0) is 14.7.